The molecule has 17 heavy (non-hydrogen) atoms. The minimum atomic E-state index is -4.62. The second-order valence-corrected chi connectivity index (χ2v) is 3.73. The number of fused-ring (bicyclic) bond motifs is 1. The van der Waals surface area contributed by atoms with Crippen LogP contribution in [0, 0.1) is 0 Å². The van der Waals surface area contributed by atoms with Crippen LogP contribution in [0.3, 0.4) is 0 Å². The summed E-state index contributed by atoms with van der Waals surface area (Å²) in [6, 6.07) is 2.42. The minimum Gasteiger partial charge on any atom is -0.366 e. The summed E-state index contributed by atoms with van der Waals surface area (Å²) in [5.41, 5.74) is 4.75. The topological polar surface area (TPSA) is 71.8 Å². The molecular weight excluding hydrogens is 259 g/mol. The van der Waals surface area contributed by atoms with Gasteiger partial charge in [0.05, 0.1) is 11.1 Å². The highest BCUT2D eigenvalue weighted by Crippen LogP contribution is 2.30. The van der Waals surface area contributed by atoms with Crippen molar-refractivity contribution in [2.75, 3.05) is 0 Å². The van der Waals surface area contributed by atoms with Gasteiger partial charge in [0.2, 0.25) is 5.82 Å². The quantitative estimate of drug-likeness (QED) is 0.829. The van der Waals surface area contributed by atoms with E-state index in [2.05, 4.69) is 4.98 Å². The molecular formula is C9H5ClF3N3O. The van der Waals surface area contributed by atoms with Gasteiger partial charge in [-0.2, -0.15) is 13.2 Å². The molecule has 0 unspecified atom stereocenters. The number of nitrogens with zero attached hydrogens (tertiary/aromatic N) is 1. The third kappa shape index (κ3) is 2.05. The summed E-state index contributed by atoms with van der Waals surface area (Å²) in [4.78, 5) is 16.4. The maximum absolute atomic E-state index is 12.4. The van der Waals surface area contributed by atoms with Gasteiger partial charge in [-0.05, 0) is 12.1 Å². The summed E-state index contributed by atoms with van der Waals surface area (Å²) in [5, 5.41) is 0.101. The Morgan fingerprint density at radius 3 is 2.59 bits per heavy atom. The van der Waals surface area contributed by atoms with Crippen molar-refractivity contribution >= 4 is 28.5 Å². The average Bonchev–Trinajstić information content (AvgIpc) is 2.58. The molecule has 3 N–H and O–H groups in total. The van der Waals surface area contributed by atoms with Crippen LogP contribution in [0.15, 0.2) is 12.1 Å². The van der Waals surface area contributed by atoms with Crippen LogP contribution in [0.25, 0.3) is 11.0 Å². The number of nitrogens with one attached hydrogen (secondary N) is 1. The van der Waals surface area contributed by atoms with E-state index in [1.54, 1.807) is 0 Å². The van der Waals surface area contributed by atoms with E-state index in [9.17, 15) is 18.0 Å². The SMILES string of the molecule is NC(=O)c1cc(Cl)cc2[nH]c(C(F)(F)F)nc12. The number of halogens is 4. The fourth-order valence-electron chi connectivity index (χ4n) is 1.40. The van der Waals surface area contributed by atoms with Crippen LogP contribution >= 0.6 is 11.6 Å². The number of alkyl halides is 3. The molecule has 0 saturated carbocycles. The van der Waals surface area contributed by atoms with Gasteiger partial charge in [-0.25, -0.2) is 4.98 Å². The molecule has 0 bridgehead atoms. The molecule has 8 heteroatoms. The lowest BCUT2D eigenvalue weighted by Gasteiger charge is -1.99. The Labute approximate surface area is 97.6 Å². The Balaban J connectivity index is 2.76. The number of rotatable bonds is 1. The molecule has 0 saturated heterocycles. The van der Waals surface area contributed by atoms with Gasteiger partial charge in [0.1, 0.15) is 5.52 Å². The molecule has 0 aliphatic rings. The van der Waals surface area contributed by atoms with Gasteiger partial charge in [-0.3, -0.25) is 4.79 Å². The van der Waals surface area contributed by atoms with E-state index < -0.39 is 17.9 Å². The molecule has 4 nitrogen and oxygen atoms in total. The number of benzene rings is 1. The molecule has 1 amide bonds. The van der Waals surface area contributed by atoms with Gasteiger partial charge < -0.3 is 10.7 Å². The second kappa shape index (κ2) is 3.63. The predicted octanol–water partition coefficient (Wildman–Crippen LogP) is 2.33. The third-order valence-electron chi connectivity index (χ3n) is 2.09. The van der Waals surface area contributed by atoms with Crippen molar-refractivity contribution in [3.8, 4) is 0 Å². The zero-order chi connectivity index (χ0) is 12.8. The van der Waals surface area contributed by atoms with Crippen LogP contribution in [0.4, 0.5) is 13.2 Å². The molecule has 0 aliphatic carbocycles. The summed E-state index contributed by atoms with van der Waals surface area (Å²) < 4.78 is 37.2. The zero-order valence-corrected chi connectivity index (χ0v) is 8.86. The number of hydrogen-bond acceptors (Lipinski definition) is 2. The number of aromatic nitrogens is 2. The Bertz CT molecular complexity index is 605. The number of amides is 1. The average molecular weight is 264 g/mol. The molecule has 1 aromatic heterocycles. The zero-order valence-electron chi connectivity index (χ0n) is 8.10. The monoisotopic (exact) mass is 263 g/mol. The fraction of sp³-hybridized carbons (Fsp3) is 0.111. The van der Waals surface area contributed by atoms with Gasteiger partial charge in [0.25, 0.3) is 5.91 Å². The smallest absolute Gasteiger partial charge is 0.366 e. The molecule has 0 spiro atoms. The molecule has 90 valence electrons. The van der Waals surface area contributed by atoms with Crippen LogP contribution in [0.5, 0.6) is 0 Å². The van der Waals surface area contributed by atoms with E-state index in [1.165, 1.54) is 12.1 Å². The van der Waals surface area contributed by atoms with Crippen LogP contribution in [0.1, 0.15) is 16.2 Å². The predicted molar refractivity (Wildman–Crippen MR) is 54.6 cm³/mol. The van der Waals surface area contributed by atoms with Crippen LogP contribution in [-0.4, -0.2) is 15.9 Å². The molecule has 1 aromatic carbocycles. The van der Waals surface area contributed by atoms with E-state index in [0.29, 0.717) is 0 Å². The number of H-pyrrole nitrogens is 1. The van der Waals surface area contributed by atoms with Gasteiger partial charge >= 0.3 is 6.18 Å². The first-order chi connectivity index (χ1) is 7.79. The largest absolute Gasteiger partial charge is 0.449 e. The molecule has 0 aliphatic heterocycles. The number of aromatic amines is 1. The van der Waals surface area contributed by atoms with Gasteiger partial charge in [-0.15, -0.1) is 0 Å². The molecule has 1 heterocycles. The maximum atomic E-state index is 12.4. The summed E-state index contributed by atoms with van der Waals surface area (Å²) >= 11 is 5.65. The molecule has 2 rings (SSSR count). The minimum absolute atomic E-state index is 0.0126. The van der Waals surface area contributed by atoms with E-state index in [0.717, 1.165) is 0 Å². The Morgan fingerprint density at radius 1 is 1.41 bits per heavy atom. The molecule has 0 radical (unpaired) electrons. The van der Waals surface area contributed by atoms with E-state index >= 15 is 0 Å². The van der Waals surface area contributed by atoms with Crippen molar-refractivity contribution in [3.63, 3.8) is 0 Å². The van der Waals surface area contributed by atoms with Crippen molar-refractivity contribution in [1.29, 1.82) is 0 Å². The third-order valence-corrected chi connectivity index (χ3v) is 2.30. The number of carbonyl (C=O) groups is 1. The van der Waals surface area contributed by atoms with Crippen molar-refractivity contribution < 1.29 is 18.0 Å². The van der Waals surface area contributed by atoms with Gasteiger partial charge in [0.15, 0.2) is 0 Å². The summed E-state index contributed by atoms with van der Waals surface area (Å²) in [7, 11) is 0. The first-order valence-electron chi connectivity index (χ1n) is 4.35. The Kier molecular flexibility index (Phi) is 2.50. The van der Waals surface area contributed by atoms with Crippen LogP contribution < -0.4 is 5.73 Å². The summed E-state index contributed by atoms with van der Waals surface area (Å²) in [6.45, 7) is 0. The Hall–Kier alpha value is -1.76. The maximum Gasteiger partial charge on any atom is 0.449 e. The van der Waals surface area contributed by atoms with E-state index in [4.69, 9.17) is 17.3 Å². The van der Waals surface area contributed by atoms with E-state index in [-0.39, 0.29) is 21.6 Å². The van der Waals surface area contributed by atoms with Crippen molar-refractivity contribution in [3.05, 3.63) is 28.5 Å². The Morgan fingerprint density at radius 2 is 2.06 bits per heavy atom. The van der Waals surface area contributed by atoms with Gasteiger partial charge in [0, 0.05) is 5.02 Å². The van der Waals surface area contributed by atoms with Gasteiger partial charge in [-0.1, -0.05) is 11.6 Å². The molecule has 2 aromatic rings. The van der Waals surface area contributed by atoms with Crippen LogP contribution in [-0.2, 0) is 6.18 Å². The lowest BCUT2D eigenvalue weighted by molar-refractivity contribution is -0.144. The highest BCUT2D eigenvalue weighted by molar-refractivity contribution is 6.32. The first kappa shape index (κ1) is 11.7. The highest BCUT2D eigenvalue weighted by Gasteiger charge is 2.35. The summed E-state index contributed by atoms with van der Waals surface area (Å²) in [6.07, 6.45) is -4.62. The number of nitrogens with two attached hydrogens (primary N) is 1. The van der Waals surface area contributed by atoms with Crippen LogP contribution in [0.2, 0.25) is 5.02 Å². The molecule has 0 fully saturated rings. The van der Waals surface area contributed by atoms with Crippen molar-refractivity contribution in [2.24, 2.45) is 5.73 Å². The summed E-state index contributed by atoms with van der Waals surface area (Å²) in [5.74, 6) is -2.09. The highest BCUT2D eigenvalue weighted by atomic mass is 35.5. The number of hydrogen-bond donors (Lipinski definition) is 2. The van der Waals surface area contributed by atoms with E-state index in [1.807, 2.05) is 4.98 Å². The molecule has 0 atom stereocenters. The van der Waals surface area contributed by atoms with Crippen molar-refractivity contribution in [1.82, 2.24) is 9.97 Å². The number of imidazole rings is 1. The lowest BCUT2D eigenvalue weighted by Crippen LogP contribution is -2.11. The lowest BCUT2D eigenvalue weighted by atomic mass is 10.2. The number of primary amides is 1. The standard InChI is InChI=1S/C9H5ClF3N3O/c10-3-1-4(7(14)17)6-5(2-3)15-8(16-6)9(11,12)13/h1-2H,(H2,14,17)(H,15,16). The fourth-order valence-corrected chi connectivity index (χ4v) is 1.62. The first-order valence-corrected chi connectivity index (χ1v) is 4.73. The second-order valence-electron chi connectivity index (χ2n) is 3.30. The normalized spacial score (nSPS) is 12.0. The number of carbonyl (C=O) groups excluding carboxylic acids is 1. The van der Waals surface area contributed by atoms with Crippen molar-refractivity contribution in [2.45, 2.75) is 6.18 Å².